The van der Waals surface area contributed by atoms with Gasteiger partial charge in [0, 0.05) is 6.61 Å². The molecule has 2 rings (SSSR count). The Hall–Kier alpha value is -0.730. The predicted molar refractivity (Wildman–Crippen MR) is 74.7 cm³/mol. The number of aliphatic hydroxyl groups excluding tert-OH is 1. The molecule has 0 bridgehead atoms. The highest BCUT2D eigenvalue weighted by atomic mass is 35.5. The number of aliphatic hydroxyl groups is 1. The molecule has 1 aromatic carbocycles. The van der Waals surface area contributed by atoms with E-state index in [-0.39, 0.29) is 6.61 Å². The molecule has 2 nitrogen and oxygen atoms in total. The summed E-state index contributed by atoms with van der Waals surface area (Å²) in [7, 11) is 1.67. The highest BCUT2D eigenvalue weighted by Gasteiger charge is 2.18. The van der Waals surface area contributed by atoms with Crippen LogP contribution in [0.5, 0.6) is 5.75 Å². The van der Waals surface area contributed by atoms with E-state index < -0.39 is 0 Å². The number of hydrogen-bond acceptors (Lipinski definition) is 2. The van der Waals surface area contributed by atoms with Crippen LogP contribution in [-0.4, -0.2) is 18.8 Å². The summed E-state index contributed by atoms with van der Waals surface area (Å²) in [5, 5.41) is 9.76. The van der Waals surface area contributed by atoms with Crippen LogP contribution < -0.4 is 4.74 Å². The SMILES string of the molecule is COc1c(Cl)cc2c(c1CCCO)CCCCC2. The molecule has 1 aromatic rings. The molecule has 1 aliphatic rings. The molecule has 100 valence electrons. The minimum Gasteiger partial charge on any atom is -0.495 e. The van der Waals surface area contributed by atoms with Gasteiger partial charge in [0.2, 0.25) is 0 Å². The molecular weight excluding hydrogens is 248 g/mol. The van der Waals surface area contributed by atoms with Crippen molar-refractivity contribution in [3.05, 3.63) is 27.8 Å². The van der Waals surface area contributed by atoms with Crippen molar-refractivity contribution in [2.45, 2.75) is 44.9 Å². The molecular formula is C15H21ClO2. The molecule has 0 saturated carbocycles. The van der Waals surface area contributed by atoms with Gasteiger partial charge in [-0.15, -0.1) is 0 Å². The smallest absolute Gasteiger partial charge is 0.140 e. The van der Waals surface area contributed by atoms with Gasteiger partial charge in [0.15, 0.2) is 0 Å². The summed E-state index contributed by atoms with van der Waals surface area (Å²) in [5.74, 6) is 0.811. The molecule has 0 amide bonds. The highest BCUT2D eigenvalue weighted by Crippen LogP contribution is 2.37. The first-order valence-electron chi connectivity index (χ1n) is 6.76. The van der Waals surface area contributed by atoms with Crippen molar-refractivity contribution in [2.75, 3.05) is 13.7 Å². The van der Waals surface area contributed by atoms with Crippen LogP contribution in [0.1, 0.15) is 42.4 Å². The first kappa shape index (κ1) is 13.7. The number of aryl methyl sites for hydroxylation is 1. The van der Waals surface area contributed by atoms with E-state index in [1.807, 2.05) is 0 Å². The molecule has 0 radical (unpaired) electrons. The van der Waals surface area contributed by atoms with E-state index in [2.05, 4.69) is 6.07 Å². The third-order valence-electron chi connectivity index (χ3n) is 3.71. The van der Waals surface area contributed by atoms with Crippen LogP contribution in [0.15, 0.2) is 6.07 Å². The molecule has 0 spiro atoms. The summed E-state index contributed by atoms with van der Waals surface area (Å²) >= 11 is 6.31. The maximum Gasteiger partial charge on any atom is 0.140 e. The van der Waals surface area contributed by atoms with Gasteiger partial charge in [-0.2, -0.15) is 0 Å². The van der Waals surface area contributed by atoms with Crippen LogP contribution >= 0.6 is 11.6 Å². The van der Waals surface area contributed by atoms with Crippen molar-refractivity contribution in [3.8, 4) is 5.75 Å². The van der Waals surface area contributed by atoms with E-state index in [1.54, 1.807) is 7.11 Å². The Balaban J connectivity index is 2.46. The monoisotopic (exact) mass is 268 g/mol. The normalized spacial score (nSPS) is 15.1. The molecule has 0 atom stereocenters. The van der Waals surface area contributed by atoms with Gasteiger partial charge in [-0.05, 0) is 61.3 Å². The topological polar surface area (TPSA) is 29.5 Å². The number of rotatable bonds is 4. The van der Waals surface area contributed by atoms with Crippen LogP contribution in [0.25, 0.3) is 0 Å². The largest absolute Gasteiger partial charge is 0.495 e. The predicted octanol–water partition coefficient (Wildman–Crippen LogP) is 3.54. The van der Waals surface area contributed by atoms with Crippen molar-refractivity contribution in [1.82, 2.24) is 0 Å². The van der Waals surface area contributed by atoms with Crippen LogP contribution in [0.3, 0.4) is 0 Å². The second-order valence-corrected chi connectivity index (χ2v) is 5.30. The average molecular weight is 269 g/mol. The van der Waals surface area contributed by atoms with E-state index in [4.69, 9.17) is 21.4 Å². The Morgan fingerprint density at radius 2 is 2.06 bits per heavy atom. The Morgan fingerprint density at radius 1 is 1.28 bits per heavy atom. The molecule has 1 N–H and O–H groups in total. The first-order chi connectivity index (χ1) is 8.77. The molecule has 0 aliphatic heterocycles. The highest BCUT2D eigenvalue weighted by molar-refractivity contribution is 6.32. The molecule has 3 heteroatoms. The van der Waals surface area contributed by atoms with E-state index in [0.717, 1.165) is 31.4 Å². The Bertz CT molecular complexity index is 415. The molecule has 0 unspecified atom stereocenters. The average Bonchev–Trinajstić information content (AvgIpc) is 2.60. The van der Waals surface area contributed by atoms with Gasteiger partial charge in [-0.1, -0.05) is 18.0 Å². The first-order valence-corrected chi connectivity index (χ1v) is 7.13. The van der Waals surface area contributed by atoms with Gasteiger partial charge in [-0.25, -0.2) is 0 Å². The van der Waals surface area contributed by atoms with Gasteiger partial charge in [0.05, 0.1) is 12.1 Å². The lowest BCUT2D eigenvalue weighted by Gasteiger charge is -2.18. The van der Waals surface area contributed by atoms with Gasteiger partial charge in [0.25, 0.3) is 0 Å². The summed E-state index contributed by atoms with van der Waals surface area (Å²) in [5.41, 5.74) is 4.02. The van der Waals surface area contributed by atoms with Gasteiger partial charge in [-0.3, -0.25) is 0 Å². The van der Waals surface area contributed by atoms with Crippen molar-refractivity contribution in [3.63, 3.8) is 0 Å². The van der Waals surface area contributed by atoms with Crippen molar-refractivity contribution < 1.29 is 9.84 Å². The van der Waals surface area contributed by atoms with Crippen molar-refractivity contribution in [2.24, 2.45) is 0 Å². The molecule has 0 saturated heterocycles. The van der Waals surface area contributed by atoms with Crippen LogP contribution in [0, 0.1) is 0 Å². The number of fused-ring (bicyclic) bond motifs is 1. The number of methoxy groups -OCH3 is 1. The van der Waals surface area contributed by atoms with Gasteiger partial charge >= 0.3 is 0 Å². The Morgan fingerprint density at radius 3 is 2.78 bits per heavy atom. The van der Waals surface area contributed by atoms with E-state index in [9.17, 15) is 0 Å². The maximum absolute atomic E-state index is 9.05. The Kier molecular flexibility index (Phi) is 4.90. The second-order valence-electron chi connectivity index (χ2n) is 4.90. The molecule has 0 aromatic heterocycles. The third kappa shape index (κ3) is 2.81. The summed E-state index contributed by atoms with van der Waals surface area (Å²) in [6, 6.07) is 2.07. The minimum absolute atomic E-state index is 0.213. The van der Waals surface area contributed by atoms with Crippen LogP contribution in [0.2, 0.25) is 5.02 Å². The number of halogens is 1. The molecule has 18 heavy (non-hydrogen) atoms. The fraction of sp³-hybridized carbons (Fsp3) is 0.600. The number of ether oxygens (including phenoxy) is 1. The van der Waals surface area contributed by atoms with Crippen molar-refractivity contribution >= 4 is 11.6 Å². The van der Waals surface area contributed by atoms with Gasteiger partial charge in [0.1, 0.15) is 5.75 Å². The summed E-state index contributed by atoms with van der Waals surface area (Å²) in [6.07, 6.45) is 7.62. The fourth-order valence-corrected chi connectivity index (χ4v) is 3.17. The quantitative estimate of drug-likeness (QED) is 0.847. The zero-order chi connectivity index (χ0) is 13.0. The summed E-state index contributed by atoms with van der Waals surface area (Å²) in [4.78, 5) is 0. The lowest BCUT2D eigenvalue weighted by molar-refractivity contribution is 0.287. The summed E-state index contributed by atoms with van der Waals surface area (Å²) < 4.78 is 5.47. The fourth-order valence-electron chi connectivity index (χ4n) is 2.85. The van der Waals surface area contributed by atoms with Gasteiger partial charge < -0.3 is 9.84 Å². The standard InChI is InChI=1S/C15H21ClO2/c1-18-15-13(8-5-9-17)12-7-4-2-3-6-11(12)10-14(15)16/h10,17H,2-9H2,1H3. The van der Waals surface area contributed by atoms with Crippen LogP contribution in [0.4, 0.5) is 0 Å². The van der Waals surface area contributed by atoms with Crippen LogP contribution in [-0.2, 0) is 19.3 Å². The third-order valence-corrected chi connectivity index (χ3v) is 3.99. The van der Waals surface area contributed by atoms with E-state index in [0.29, 0.717) is 5.02 Å². The van der Waals surface area contributed by atoms with E-state index >= 15 is 0 Å². The number of benzene rings is 1. The molecule has 1 aliphatic carbocycles. The number of hydrogen-bond donors (Lipinski definition) is 1. The minimum atomic E-state index is 0.213. The zero-order valence-corrected chi connectivity index (χ0v) is 11.7. The lowest BCUT2D eigenvalue weighted by Crippen LogP contribution is -2.04. The maximum atomic E-state index is 9.05. The zero-order valence-electron chi connectivity index (χ0n) is 11.0. The second kappa shape index (κ2) is 6.44. The van der Waals surface area contributed by atoms with E-state index in [1.165, 1.54) is 36.0 Å². The van der Waals surface area contributed by atoms with Crippen molar-refractivity contribution in [1.29, 1.82) is 0 Å². The molecule has 0 heterocycles. The lowest BCUT2D eigenvalue weighted by atomic mass is 9.93. The molecule has 0 fully saturated rings. The summed E-state index contributed by atoms with van der Waals surface area (Å²) in [6.45, 7) is 0.213. The Labute approximate surface area is 114 Å².